The minimum Gasteiger partial charge on any atom is -0.462 e. The molecule has 0 aliphatic heterocycles. The molecule has 0 aliphatic carbocycles. The summed E-state index contributed by atoms with van der Waals surface area (Å²) in [5.74, 6) is 0.109. The third kappa shape index (κ3) is 7.13. The topological polar surface area (TPSA) is 95.6 Å². The minimum absolute atomic E-state index is 0.134. The van der Waals surface area contributed by atoms with E-state index in [1.165, 1.54) is 22.7 Å². The third-order valence-corrected chi connectivity index (χ3v) is 15.1. The van der Waals surface area contributed by atoms with Crippen LogP contribution in [-0.4, -0.2) is 45.5 Å². The molecule has 8 nitrogen and oxygen atoms in total. The number of hydrogen-bond donors (Lipinski definition) is 0. The van der Waals surface area contributed by atoms with Gasteiger partial charge in [-0.1, -0.05) is 97.1 Å². The largest absolute Gasteiger partial charge is 0.462 e. The monoisotopic (exact) mass is 864 g/mol. The van der Waals surface area contributed by atoms with E-state index in [4.69, 9.17) is 9.47 Å². The van der Waals surface area contributed by atoms with Crippen LogP contribution in [0.25, 0.3) is 32.8 Å². The average molecular weight is 865 g/mol. The van der Waals surface area contributed by atoms with Crippen molar-refractivity contribution in [1.29, 1.82) is 0 Å². The number of hydrogen-bond acceptors (Lipinski definition) is 10. The number of ketones is 2. The van der Waals surface area contributed by atoms with E-state index >= 15 is 0 Å². The van der Waals surface area contributed by atoms with E-state index < -0.39 is 11.9 Å². The van der Waals surface area contributed by atoms with Gasteiger partial charge in [0.25, 0.3) is 0 Å². The summed E-state index contributed by atoms with van der Waals surface area (Å²) in [6.45, 7) is 4.00. The van der Waals surface area contributed by atoms with Crippen LogP contribution in [0.3, 0.4) is 0 Å². The summed E-state index contributed by atoms with van der Waals surface area (Å²) in [6.07, 6.45) is 3.85. The normalized spacial score (nSPS) is 11.5. The number of ether oxygens (including phenoxy) is 2. The zero-order chi connectivity index (χ0) is 41.3. The van der Waals surface area contributed by atoms with Gasteiger partial charge in [0.1, 0.15) is 0 Å². The van der Waals surface area contributed by atoms with Crippen LogP contribution in [0, 0.1) is 0 Å². The second kappa shape index (κ2) is 17.0. The maximum absolute atomic E-state index is 14.1. The Balaban J connectivity index is 1.02. The van der Waals surface area contributed by atoms with Crippen molar-refractivity contribution in [1.82, 2.24) is 8.80 Å². The maximum atomic E-state index is 14.1. The van der Waals surface area contributed by atoms with Crippen molar-refractivity contribution in [3.63, 3.8) is 0 Å². The molecule has 0 bridgehead atoms. The quantitative estimate of drug-likeness (QED) is 0.0606. The lowest BCUT2D eigenvalue weighted by Crippen LogP contribution is -2.06. The van der Waals surface area contributed by atoms with Crippen molar-refractivity contribution in [2.75, 3.05) is 13.2 Å². The fourth-order valence-corrected chi connectivity index (χ4v) is 12.4. The van der Waals surface area contributed by atoms with Crippen LogP contribution in [0.2, 0.25) is 0 Å². The molecule has 0 radical (unpaired) electrons. The molecule has 0 amide bonds. The highest BCUT2D eigenvalue weighted by atomic mass is 32.2. The summed E-state index contributed by atoms with van der Waals surface area (Å²) < 4.78 is 16.9. The van der Waals surface area contributed by atoms with Crippen molar-refractivity contribution < 1.29 is 28.7 Å². The van der Waals surface area contributed by atoms with Crippen molar-refractivity contribution in [3.8, 4) is 0 Å². The predicted molar refractivity (Wildman–Crippen MR) is 243 cm³/mol. The van der Waals surface area contributed by atoms with Crippen LogP contribution in [0.1, 0.15) is 76.2 Å². The van der Waals surface area contributed by atoms with Gasteiger partial charge < -0.3 is 18.3 Å². The van der Waals surface area contributed by atoms with E-state index in [1.54, 1.807) is 61.6 Å². The summed E-state index contributed by atoms with van der Waals surface area (Å²) in [7, 11) is 0. The molecular formula is C48H36N2O6S4. The molecule has 9 rings (SSSR count). The second-order valence-corrected chi connectivity index (χ2v) is 18.3. The first kappa shape index (κ1) is 39.5. The van der Waals surface area contributed by atoms with Gasteiger partial charge in [-0.15, -0.1) is 46.2 Å². The number of thioether (sulfide) groups is 2. The predicted octanol–water partition coefficient (Wildman–Crippen LogP) is 12.0. The summed E-state index contributed by atoms with van der Waals surface area (Å²) in [5, 5.41) is 1.24. The van der Waals surface area contributed by atoms with E-state index in [0.29, 0.717) is 65.3 Å². The average Bonchev–Trinajstić information content (AvgIpc) is 4.03. The lowest BCUT2D eigenvalue weighted by molar-refractivity contribution is 0.0521. The van der Waals surface area contributed by atoms with Crippen LogP contribution >= 0.6 is 46.2 Å². The fraction of sp³-hybridized carbons (Fsp3) is 0.125. The summed E-state index contributed by atoms with van der Waals surface area (Å²) in [5.41, 5.74) is 7.18. The maximum Gasteiger partial charge on any atom is 0.341 e. The van der Waals surface area contributed by atoms with Gasteiger partial charge in [-0.05, 0) is 49.2 Å². The second-order valence-electron chi connectivity index (χ2n) is 13.8. The number of fused-ring (bicyclic) bond motifs is 6. The lowest BCUT2D eigenvalue weighted by Gasteiger charge is -2.06. The van der Waals surface area contributed by atoms with Gasteiger partial charge in [0.15, 0.2) is 0 Å². The van der Waals surface area contributed by atoms with Gasteiger partial charge in [-0.25, -0.2) is 9.59 Å². The molecule has 6 aromatic heterocycles. The molecular weight excluding hydrogens is 829 g/mol. The van der Waals surface area contributed by atoms with E-state index in [1.807, 2.05) is 94.0 Å². The number of rotatable bonds is 14. The summed E-state index contributed by atoms with van der Waals surface area (Å²) in [4.78, 5) is 56.1. The van der Waals surface area contributed by atoms with Crippen LogP contribution < -0.4 is 0 Å². The zero-order valence-electron chi connectivity index (χ0n) is 32.5. The van der Waals surface area contributed by atoms with Crippen molar-refractivity contribution in [2.24, 2.45) is 0 Å². The number of esters is 2. The smallest absolute Gasteiger partial charge is 0.341 e. The van der Waals surface area contributed by atoms with Gasteiger partial charge in [-0.2, -0.15) is 0 Å². The first-order valence-electron chi connectivity index (χ1n) is 19.4. The Morgan fingerprint density at radius 3 is 1.28 bits per heavy atom. The Labute approximate surface area is 361 Å². The number of pyridine rings is 2. The Morgan fingerprint density at radius 2 is 0.900 bits per heavy atom. The van der Waals surface area contributed by atoms with E-state index in [0.717, 1.165) is 30.6 Å². The van der Waals surface area contributed by atoms with Gasteiger partial charge in [0, 0.05) is 45.8 Å². The molecule has 6 heterocycles. The number of benzene rings is 3. The summed E-state index contributed by atoms with van der Waals surface area (Å²) in [6, 6.07) is 38.2. The zero-order valence-corrected chi connectivity index (χ0v) is 35.8. The van der Waals surface area contributed by atoms with Gasteiger partial charge in [0.05, 0.1) is 64.6 Å². The van der Waals surface area contributed by atoms with E-state index in [2.05, 4.69) is 24.3 Å². The summed E-state index contributed by atoms with van der Waals surface area (Å²) >= 11 is 6.10. The van der Waals surface area contributed by atoms with Gasteiger partial charge >= 0.3 is 11.9 Å². The molecule has 0 unspecified atom stereocenters. The molecule has 3 aromatic carbocycles. The highest BCUT2D eigenvalue weighted by Gasteiger charge is 2.31. The molecule has 298 valence electrons. The number of aromatic nitrogens is 2. The molecule has 0 atom stereocenters. The molecule has 0 fully saturated rings. The number of thiophene rings is 2. The molecule has 0 saturated heterocycles. The Morgan fingerprint density at radius 1 is 0.517 bits per heavy atom. The van der Waals surface area contributed by atoms with Crippen molar-refractivity contribution >= 4 is 103 Å². The number of carbonyl (C=O) groups excluding carboxylic acids is 4. The molecule has 0 spiro atoms. The Kier molecular flexibility index (Phi) is 11.2. The molecule has 9 aromatic rings. The van der Waals surface area contributed by atoms with Crippen molar-refractivity contribution in [2.45, 2.75) is 33.8 Å². The van der Waals surface area contributed by atoms with Gasteiger partial charge in [-0.3, -0.25) is 9.59 Å². The van der Waals surface area contributed by atoms with Crippen LogP contribution in [-0.2, 0) is 21.0 Å². The highest BCUT2D eigenvalue weighted by molar-refractivity contribution is 8.01. The lowest BCUT2D eigenvalue weighted by atomic mass is 10.1. The van der Waals surface area contributed by atoms with E-state index in [9.17, 15) is 19.2 Å². The molecule has 0 aliphatic rings. The molecule has 12 heteroatoms. The Hall–Kier alpha value is -5.92. The van der Waals surface area contributed by atoms with E-state index in [-0.39, 0.29) is 24.8 Å². The molecule has 0 N–H and O–H groups in total. The van der Waals surface area contributed by atoms with Crippen LogP contribution in [0.5, 0.6) is 0 Å². The third-order valence-electron chi connectivity index (χ3n) is 10.1. The Bertz CT molecular complexity index is 2880. The minimum atomic E-state index is -0.451. The van der Waals surface area contributed by atoms with Crippen LogP contribution in [0.15, 0.2) is 142 Å². The SMILES string of the molecule is CCOC(=O)c1c2c(C(=O)c3ccccc3)sc(SCc3ccc(CSc4sc(C(=O)c5ccccc5)c5c(C(=O)OCC)c6ccccn6c45)cc3)c2n2ccccc12. The van der Waals surface area contributed by atoms with Crippen molar-refractivity contribution in [3.05, 3.63) is 177 Å². The van der Waals surface area contributed by atoms with Crippen LogP contribution in [0.4, 0.5) is 0 Å². The first-order chi connectivity index (χ1) is 29.4. The van der Waals surface area contributed by atoms with Gasteiger partial charge in [0.2, 0.25) is 11.6 Å². The highest BCUT2D eigenvalue weighted by Crippen LogP contribution is 2.46. The fourth-order valence-electron chi connectivity index (χ4n) is 7.45. The standard InChI is InChI=1S/C48H36N2O6S4/c1-3-55-45(53)35-33-19-11-13-25-49(33)39-37(35)43(41(51)31-15-7-5-8-16-31)59-47(39)57-27-29-21-23-30(24-22-29)28-58-48-40-38(44(60-48)42(52)32-17-9-6-10-18-32)36(46(54)56-4-2)34-20-12-14-26-50(34)40/h5-26H,3-4,27-28H2,1-2H3. The molecule has 0 saturated carbocycles. The number of nitrogens with zero attached hydrogens (tertiary/aromatic N) is 2. The number of carbonyl (C=O) groups is 4. The first-order valence-corrected chi connectivity index (χ1v) is 23.0. The molecule has 60 heavy (non-hydrogen) atoms.